The molecule has 0 bridgehead atoms. The molecule has 1 unspecified atom stereocenters. The molecule has 1 N–H and O–H groups in total. The quantitative estimate of drug-likeness (QED) is 0.553. The zero-order chi connectivity index (χ0) is 24.9. The number of ether oxygens (including phenoxy) is 1. The highest BCUT2D eigenvalue weighted by molar-refractivity contribution is 5.84. The van der Waals surface area contributed by atoms with Crippen LogP contribution in [0.2, 0.25) is 0 Å². The maximum Gasteiger partial charge on any atom is 0.418 e. The Labute approximate surface area is 208 Å². The van der Waals surface area contributed by atoms with Crippen molar-refractivity contribution in [3.8, 4) is 11.3 Å². The van der Waals surface area contributed by atoms with Crippen LogP contribution in [-0.2, 0) is 18.0 Å². The van der Waals surface area contributed by atoms with E-state index in [1.807, 2.05) is 0 Å². The third-order valence-corrected chi connectivity index (χ3v) is 8.03. The molecule has 36 heavy (non-hydrogen) atoms. The summed E-state index contributed by atoms with van der Waals surface area (Å²) in [6, 6.07) is 6.24. The third kappa shape index (κ3) is 4.80. The molecule has 4 heterocycles. The Kier molecular flexibility index (Phi) is 6.11. The molecule has 192 valence electrons. The van der Waals surface area contributed by atoms with E-state index in [0.29, 0.717) is 17.4 Å². The van der Waals surface area contributed by atoms with Gasteiger partial charge in [0.05, 0.1) is 11.1 Å². The molecule has 6 rings (SSSR count). The summed E-state index contributed by atoms with van der Waals surface area (Å²) in [5.41, 5.74) is 0.163. The van der Waals surface area contributed by atoms with Gasteiger partial charge in [0.25, 0.3) is 0 Å². The van der Waals surface area contributed by atoms with E-state index in [0.717, 1.165) is 81.4 Å². The first kappa shape index (κ1) is 23.7. The van der Waals surface area contributed by atoms with Crippen molar-refractivity contribution in [2.45, 2.75) is 37.9 Å². The Bertz CT molecular complexity index is 1220. The van der Waals surface area contributed by atoms with Crippen LogP contribution in [0, 0.1) is 17.8 Å². The van der Waals surface area contributed by atoms with Crippen molar-refractivity contribution in [3.05, 3.63) is 36.0 Å². The maximum absolute atomic E-state index is 14.0. The Morgan fingerprint density at radius 2 is 1.81 bits per heavy atom. The van der Waals surface area contributed by atoms with E-state index >= 15 is 0 Å². The number of nitrogens with zero attached hydrogens (tertiary/aromatic N) is 5. The van der Waals surface area contributed by atoms with E-state index in [1.54, 1.807) is 36.1 Å². The van der Waals surface area contributed by atoms with E-state index in [4.69, 9.17) is 4.74 Å². The zero-order valence-electron chi connectivity index (χ0n) is 20.3. The molecule has 1 saturated carbocycles. The number of halogens is 3. The zero-order valence-corrected chi connectivity index (χ0v) is 20.3. The fraction of sp³-hybridized carbons (Fsp3) is 0.577. The second-order valence-corrected chi connectivity index (χ2v) is 10.7. The highest BCUT2D eigenvalue weighted by Gasteiger charge is 2.42. The van der Waals surface area contributed by atoms with Crippen molar-refractivity contribution in [1.82, 2.24) is 24.9 Å². The van der Waals surface area contributed by atoms with Gasteiger partial charge in [-0.15, -0.1) is 10.2 Å². The number of fused-ring (bicyclic) bond motifs is 2. The van der Waals surface area contributed by atoms with Crippen molar-refractivity contribution in [2.75, 3.05) is 38.2 Å². The number of aromatic nitrogens is 4. The molecular formula is C26H31F3N6O. The van der Waals surface area contributed by atoms with Gasteiger partial charge in [-0.2, -0.15) is 18.3 Å². The SMILES string of the molecule is Cn1cc2cc(-c3nnc(NC4C[C@@H]5CN(CC6CCOCC6)C[C@@H]5C4)cc3C(F)(F)F)ccc2n1. The lowest BCUT2D eigenvalue weighted by atomic mass is 10.00. The molecule has 10 heteroatoms. The monoisotopic (exact) mass is 500 g/mol. The second kappa shape index (κ2) is 9.30. The number of anilines is 1. The van der Waals surface area contributed by atoms with Crippen molar-refractivity contribution in [3.63, 3.8) is 0 Å². The summed E-state index contributed by atoms with van der Waals surface area (Å²) in [6.07, 6.45) is 1.43. The fourth-order valence-electron chi connectivity index (χ4n) is 6.36. The van der Waals surface area contributed by atoms with E-state index < -0.39 is 11.7 Å². The Balaban J connectivity index is 1.14. The lowest BCUT2D eigenvalue weighted by molar-refractivity contribution is -0.137. The summed E-state index contributed by atoms with van der Waals surface area (Å²) in [7, 11) is 1.78. The molecule has 3 aliphatic rings. The minimum absolute atomic E-state index is 0.123. The molecule has 0 radical (unpaired) electrons. The molecule has 0 spiro atoms. The van der Waals surface area contributed by atoms with E-state index in [2.05, 4.69) is 25.5 Å². The number of rotatable bonds is 5. The van der Waals surface area contributed by atoms with Crippen LogP contribution in [-0.4, -0.2) is 63.8 Å². The number of benzene rings is 1. The Morgan fingerprint density at radius 3 is 2.53 bits per heavy atom. The number of aryl methyl sites for hydroxylation is 1. The fourth-order valence-corrected chi connectivity index (χ4v) is 6.36. The van der Waals surface area contributed by atoms with E-state index in [1.165, 1.54) is 0 Å². The Morgan fingerprint density at radius 1 is 1.06 bits per heavy atom. The predicted molar refractivity (Wildman–Crippen MR) is 130 cm³/mol. The molecule has 1 aliphatic carbocycles. The average molecular weight is 501 g/mol. The first-order chi connectivity index (χ1) is 17.3. The van der Waals surface area contributed by atoms with Crippen LogP contribution in [0.4, 0.5) is 19.0 Å². The molecule has 7 nitrogen and oxygen atoms in total. The van der Waals surface area contributed by atoms with Gasteiger partial charge in [0.1, 0.15) is 11.5 Å². The molecule has 0 amide bonds. The van der Waals surface area contributed by atoms with E-state index in [-0.39, 0.29) is 17.6 Å². The first-order valence-corrected chi connectivity index (χ1v) is 12.8. The van der Waals surface area contributed by atoms with Crippen molar-refractivity contribution < 1.29 is 17.9 Å². The minimum atomic E-state index is -4.54. The van der Waals surface area contributed by atoms with Crippen molar-refractivity contribution >= 4 is 16.7 Å². The first-order valence-electron chi connectivity index (χ1n) is 12.8. The van der Waals surface area contributed by atoms with E-state index in [9.17, 15) is 13.2 Å². The largest absolute Gasteiger partial charge is 0.418 e. The summed E-state index contributed by atoms with van der Waals surface area (Å²) in [6.45, 7) is 5.04. The molecule has 2 saturated heterocycles. The van der Waals surface area contributed by atoms with Crippen LogP contribution in [0.15, 0.2) is 30.5 Å². The van der Waals surface area contributed by atoms with Crippen LogP contribution in [0.1, 0.15) is 31.2 Å². The number of likely N-dealkylation sites (tertiary alicyclic amines) is 1. The molecule has 3 fully saturated rings. The summed E-state index contributed by atoms with van der Waals surface area (Å²) >= 11 is 0. The summed E-state index contributed by atoms with van der Waals surface area (Å²) in [5.74, 6) is 2.09. The van der Waals surface area contributed by atoms with Crippen LogP contribution >= 0.6 is 0 Å². The van der Waals surface area contributed by atoms with Gasteiger partial charge in [0.15, 0.2) is 0 Å². The average Bonchev–Trinajstić information content (AvgIpc) is 3.50. The standard InChI is InChI=1S/C26H31F3N6O/c1-34-13-20-8-17(2-3-23(20)33-34)25-22(26(27,28)29)11-24(31-32-25)30-21-9-18-14-35(15-19(18)10-21)12-16-4-6-36-7-5-16/h2-3,8,11,13,16,18-19,21H,4-7,9-10,12,14-15H2,1H3,(H,30,31)/t18-,19+,21?. The van der Waals surface area contributed by atoms with Crippen molar-refractivity contribution in [2.24, 2.45) is 24.8 Å². The molecular weight excluding hydrogens is 469 g/mol. The smallest absolute Gasteiger partial charge is 0.381 e. The number of nitrogens with one attached hydrogen (secondary N) is 1. The van der Waals surface area contributed by atoms with Gasteiger partial charge in [0, 0.05) is 63.1 Å². The van der Waals surface area contributed by atoms with Crippen LogP contribution in [0.5, 0.6) is 0 Å². The highest BCUT2D eigenvalue weighted by atomic mass is 19.4. The van der Waals surface area contributed by atoms with Gasteiger partial charge in [-0.25, -0.2) is 0 Å². The summed E-state index contributed by atoms with van der Waals surface area (Å²) < 4.78 is 49.2. The van der Waals surface area contributed by atoms with Gasteiger partial charge >= 0.3 is 6.18 Å². The van der Waals surface area contributed by atoms with Gasteiger partial charge in [0.2, 0.25) is 0 Å². The van der Waals surface area contributed by atoms with Gasteiger partial charge < -0.3 is 15.0 Å². The normalized spacial score (nSPS) is 25.5. The summed E-state index contributed by atoms with van der Waals surface area (Å²) in [4.78, 5) is 2.58. The second-order valence-electron chi connectivity index (χ2n) is 10.7. The lowest BCUT2D eigenvalue weighted by Crippen LogP contribution is -2.32. The topological polar surface area (TPSA) is 68.1 Å². The van der Waals surface area contributed by atoms with Gasteiger partial charge in [-0.05, 0) is 61.6 Å². The third-order valence-electron chi connectivity index (χ3n) is 8.03. The number of hydrogen-bond donors (Lipinski definition) is 1. The van der Waals surface area contributed by atoms with Crippen LogP contribution < -0.4 is 5.32 Å². The van der Waals surface area contributed by atoms with Gasteiger partial charge in [-0.3, -0.25) is 4.68 Å². The number of hydrogen-bond acceptors (Lipinski definition) is 6. The van der Waals surface area contributed by atoms with Gasteiger partial charge in [-0.1, -0.05) is 6.07 Å². The molecule has 2 aliphatic heterocycles. The lowest BCUT2D eigenvalue weighted by Gasteiger charge is -2.27. The van der Waals surface area contributed by atoms with Crippen LogP contribution in [0.3, 0.4) is 0 Å². The highest BCUT2D eigenvalue weighted by Crippen LogP contribution is 2.41. The van der Waals surface area contributed by atoms with Crippen molar-refractivity contribution in [1.29, 1.82) is 0 Å². The number of alkyl halides is 3. The molecule has 3 aromatic rings. The predicted octanol–water partition coefficient (Wildman–Crippen LogP) is 4.60. The van der Waals surface area contributed by atoms with Crippen LogP contribution in [0.25, 0.3) is 22.2 Å². The summed E-state index contributed by atoms with van der Waals surface area (Å²) in [5, 5.41) is 16.5. The minimum Gasteiger partial charge on any atom is -0.381 e. The molecule has 2 aromatic heterocycles. The Hall–Kier alpha value is -2.72. The maximum atomic E-state index is 14.0. The molecule has 1 aromatic carbocycles. The molecule has 3 atom stereocenters.